The summed E-state index contributed by atoms with van der Waals surface area (Å²) < 4.78 is 44.5. The molecule has 112 valence electrons. The van der Waals surface area contributed by atoms with Crippen molar-refractivity contribution in [3.8, 4) is 5.75 Å². The van der Waals surface area contributed by atoms with Crippen molar-refractivity contribution in [1.82, 2.24) is 5.32 Å². The minimum atomic E-state index is -4.70. The molecular weight excluding hydrogens is 275 g/mol. The van der Waals surface area contributed by atoms with Gasteiger partial charge in [0.1, 0.15) is 5.75 Å². The number of halogens is 3. The lowest BCUT2D eigenvalue weighted by Gasteiger charge is -2.14. The van der Waals surface area contributed by atoms with E-state index >= 15 is 0 Å². The van der Waals surface area contributed by atoms with Crippen molar-refractivity contribution in [2.75, 3.05) is 13.2 Å². The quantitative estimate of drug-likeness (QED) is 0.819. The van der Waals surface area contributed by atoms with Crippen molar-refractivity contribution < 1.29 is 27.4 Å². The van der Waals surface area contributed by atoms with Crippen LogP contribution in [0.4, 0.5) is 13.2 Å². The van der Waals surface area contributed by atoms with Crippen molar-refractivity contribution in [1.29, 1.82) is 0 Å². The van der Waals surface area contributed by atoms with Crippen molar-refractivity contribution in [2.24, 2.45) is 0 Å². The van der Waals surface area contributed by atoms with E-state index in [1.54, 1.807) is 13.8 Å². The number of carbonyl (C=O) groups excluding carboxylic acids is 1. The Hall–Kier alpha value is -1.76. The number of esters is 1. The lowest BCUT2D eigenvalue weighted by molar-refractivity contribution is -0.274. The molecule has 0 spiro atoms. The third-order valence-corrected chi connectivity index (χ3v) is 2.47. The van der Waals surface area contributed by atoms with Crippen LogP contribution in [-0.2, 0) is 9.53 Å². The predicted molar refractivity (Wildman–Crippen MR) is 66.2 cm³/mol. The van der Waals surface area contributed by atoms with E-state index in [1.807, 2.05) is 0 Å². The molecule has 20 heavy (non-hydrogen) atoms. The van der Waals surface area contributed by atoms with Crippen LogP contribution in [0.25, 0.3) is 0 Å². The van der Waals surface area contributed by atoms with E-state index in [4.69, 9.17) is 4.74 Å². The highest BCUT2D eigenvalue weighted by Crippen LogP contribution is 2.24. The SMILES string of the molecule is CCOC(=O)CNC(C)c1ccc(OC(F)(F)F)cc1. The summed E-state index contributed by atoms with van der Waals surface area (Å²) in [5, 5.41) is 2.91. The Morgan fingerprint density at radius 3 is 2.40 bits per heavy atom. The maximum atomic E-state index is 12.0. The molecule has 0 aliphatic carbocycles. The van der Waals surface area contributed by atoms with Gasteiger partial charge in [0.2, 0.25) is 0 Å². The van der Waals surface area contributed by atoms with Gasteiger partial charge in [-0.3, -0.25) is 4.79 Å². The third kappa shape index (κ3) is 5.92. The van der Waals surface area contributed by atoms with E-state index < -0.39 is 6.36 Å². The van der Waals surface area contributed by atoms with Crippen LogP contribution < -0.4 is 10.1 Å². The zero-order chi connectivity index (χ0) is 15.2. The van der Waals surface area contributed by atoms with E-state index in [1.165, 1.54) is 24.3 Å². The smallest absolute Gasteiger partial charge is 0.465 e. The fourth-order valence-corrected chi connectivity index (χ4v) is 1.52. The fourth-order valence-electron chi connectivity index (χ4n) is 1.52. The van der Waals surface area contributed by atoms with Crippen LogP contribution in [0.3, 0.4) is 0 Å². The average molecular weight is 291 g/mol. The van der Waals surface area contributed by atoms with E-state index in [0.717, 1.165) is 5.56 Å². The maximum absolute atomic E-state index is 12.0. The molecule has 0 saturated heterocycles. The molecule has 1 unspecified atom stereocenters. The molecule has 1 aromatic rings. The summed E-state index contributed by atoms with van der Waals surface area (Å²) in [4.78, 5) is 11.2. The Morgan fingerprint density at radius 2 is 1.90 bits per heavy atom. The van der Waals surface area contributed by atoms with Crippen LogP contribution in [0, 0.1) is 0 Å². The van der Waals surface area contributed by atoms with Gasteiger partial charge in [-0.1, -0.05) is 12.1 Å². The van der Waals surface area contributed by atoms with Crippen LogP contribution >= 0.6 is 0 Å². The summed E-state index contributed by atoms with van der Waals surface area (Å²) in [6.45, 7) is 3.84. The van der Waals surface area contributed by atoms with Gasteiger partial charge in [0, 0.05) is 6.04 Å². The molecule has 0 aromatic heterocycles. The summed E-state index contributed by atoms with van der Waals surface area (Å²) in [7, 11) is 0. The number of benzene rings is 1. The molecule has 0 radical (unpaired) electrons. The molecule has 7 heteroatoms. The minimum absolute atomic E-state index is 0.0375. The van der Waals surface area contributed by atoms with Gasteiger partial charge < -0.3 is 14.8 Å². The monoisotopic (exact) mass is 291 g/mol. The Kier molecular flexibility index (Phi) is 5.82. The lowest BCUT2D eigenvalue weighted by Crippen LogP contribution is -2.27. The van der Waals surface area contributed by atoms with Crippen LogP contribution in [0.1, 0.15) is 25.5 Å². The van der Waals surface area contributed by atoms with Gasteiger partial charge in [0.25, 0.3) is 0 Å². The second-order valence-corrected chi connectivity index (χ2v) is 4.02. The van der Waals surface area contributed by atoms with Crippen LogP contribution in [0.2, 0.25) is 0 Å². The first-order chi connectivity index (χ1) is 9.31. The summed E-state index contributed by atoms with van der Waals surface area (Å²) in [5.74, 6) is -0.657. The summed E-state index contributed by atoms with van der Waals surface area (Å²) in [6, 6.07) is 5.27. The number of rotatable bonds is 6. The normalized spacial score (nSPS) is 12.8. The van der Waals surface area contributed by atoms with Gasteiger partial charge in [0.15, 0.2) is 0 Å². The highest BCUT2D eigenvalue weighted by atomic mass is 19.4. The van der Waals surface area contributed by atoms with E-state index in [0.29, 0.717) is 6.61 Å². The van der Waals surface area contributed by atoms with E-state index in [9.17, 15) is 18.0 Å². The van der Waals surface area contributed by atoms with Crippen molar-refractivity contribution in [2.45, 2.75) is 26.3 Å². The molecule has 0 aliphatic heterocycles. The highest BCUT2D eigenvalue weighted by molar-refractivity contribution is 5.71. The van der Waals surface area contributed by atoms with Crippen LogP contribution in [0.5, 0.6) is 5.75 Å². The molecule has 0 bridgehead atoms. The lowest BCUT2D eigenvalue weighted by atomic mass is 10.1. The second kappa shape index (κ2) is 7.14. The van der Waals surface area contributed by atoms with Gasteiger partial charge in [-0.15, -0.1) is 13.2 Å². The van der Waals surface area contributed by atoms with Gasteiger partial charge in [0.05, 0.1) is 13.2 Å². The summed E-state index contributed by atoms with van der Waals surface area (Å²) in [5.41, 5.74) is 0.740. The third-order valence-electron chi connectivity index (χ3n) is 2.47. The Bertz CT molecular complexity index is 431. The molecule has 0 aliphatic rings. The Morgan fingerprint density at radius 1 is 1.30 bits per heavy atom. The van der Waals surface area contributed by atoms with Gasteiger partial charge in [-0.05, 0) is 31.5 Å². The molecule has 0 heterocycles. The van der Waals surface area contributed by atoms with E-state index in [2.05, 4.69) is 10.1 Å². The molecule has 1 aromatic carbocycles. The molecular formula is C13H16F3NO3. The average Bonchev–Trinajstić information content (AvgIpc) is 2.35. The Labute approximate surface area is 114 Å². The second-order valence-electron chi connectivity index (χ2n) is 4.02. The number of hydrogen-bond acceptors (Lipinski definition) is 4. The molecule has 1 atom stereocenters. The van der Waals surface area contributed by atoms with Crippen LogP contribution in [-0.4, -0.2) is 25.5 Å². The highest BCUT2D eigenvalue weighted by Gasteiger charge is 2.30. The number of hydrogen-bond donors (Lipinski definition) is 1. The van der Waals surface area contributed by atoms with Crippen LogP contribution in [0.15, 0.2) is 24.3 Å². The van der Waals surface area contributed by atoms with E-state index in [-0.39, 0.29) is 24.3 Å². The molecule has 1 rings (SSSR count). The zero-order valence-corrected chi connectivity index (χ0v) is 11.2. The standard InChI is InChI=1S/C13H16F3NO3/c1-3-19-12(18)8-17-9(2)10-4-6-11(7-5-10)20-13(14,15)16/h4-7,9,17H,3,8H2,1-2H3. The topological polar surface area (TPSA) is 47.6 Å². The van der Waals surface area contributed by atoms with Gasteiger partial charge in [-0.2, -0.15) is 0 Å². The minimum Gasteiger partial charge on any atom is -0.465 e. The first-order valence-electron chi connectivity index (χ1n) is 6.06. The predicted octanol–water partition coefficient (Wildman–Crippen LogP) is 2.80. The summed E-state index contributed by atoms with van der Waals surface area (Å²) >= 11 is 0. The molecule has 0 saturated carbocycles. The first-order valence-corrected chi connectivity index (χ1v) is 6.06. The molecule has 1 N–H and O–H groups in total. The van der Waals surface area contributed by atoms with Crippen molar-refractivity contribution in [3.05, 3.63) is 29.8 Å². The summed E-state index contributed by atoms with van der Waals surface area (Å²) in [6.07, 6.45) is -4.70. The maximum Gasteiger partial charge on any atom is 0.573 e. The van der Waals surface area contributed by atoms with Crippen molar-refractivity contribution in [3.63, 3.8) is 0 Å². The molecule has 4 nitrogen and oxygen atoms in total. The zero-order valence-electron chi connectivity index (χ0n) is 11.2. The number of ether oxygens (including phenoxy) is 2. The Balaban J connectivity index is 2.53. The number of carbonyl (C=O) groups is 1. The molecule has 0 fully saturated rings. The van der Waals surface area contributed by atoms with Gasteiger partial charge in [-0.25, -0.2) is 0 Å². The van der Waals surface area contributed by atoms with Crippen molar-refractivity contribution >= 4 is 5.97 Å². The largest absolute Gasteiger partial charge is 0.573 e. The first kappa shape index (κ1) is 16.3. The number of alkyl halides is 3. The molecule has 0 amide bonds. The fraction of sp³-hybridized carbons (Fsp3) is 0.462. The van der Waals surface area contributed by atoms with Gasteiger partial charge >= 0.3 is 12.3 Å². The number of nitrogens with one attached hydrogen (secondary N) is 1.